The molecule has 0 spiro atoms. The lowest BCUT2D eigenvalue weighted by molar-refractivity contribution is -0.137. The van der Waals surface area contributed by atoms with Gasteiger partial charge in [-0.3, -0.25) is 24.6 Å². The highest BCUT2D eigenvalue weighted by atomic mass is 32.1. The fourth-order valence-corrected chi connectivity index (χ4v) is 6.16. The van der Waals surface area contributed by atoms with E-state index in [0.29, 0.717) is 49.7 Å². The number of nitrogens with two attached hydrogens (primary N) is 1. The third-order valence-electron chi connectivity index (χ3n) is 7.83. The van der Waals surface area contributed by atoms with E-state index in [-0.39, 0.29) is 41.8 Å². The summed E-state index contributed by atoms with van der Waals surface area (Å²) in [5, 5.41) is 20.0. The molecule has 6 rings (SSSR count). The second-order valence-corrected chi connectivity index (χ2v) is 10.9. The number of carbonyl (C=O) groups is 3. The van der Waals surface area contributed by atoms with Gasteiger partial charge in [0.25, 0.3) is 5.91 Å². The van der Waals surface area contributed by atoms with Crippen molar-refractivity contribution >= 4 is 41.9 Å². The Morgan fingerprint density at radius 3 is 2.56 bits per heavy atom. The van der Waals surface area contributed by atoms with E-state index in [1.807, 2.05) is 18.2 Å². The van der Waals surface area contributed by atoms with Crippen LogP contribution in [0.4, 0.5) is 15.9 Å². The van der Waals surface area contributed by atoms with E-state index in [0.717, 1.165) is 11.1 Å². The van der Waals surface area contributed by atoms with Crippen molar-refractivity contribution in [2.45, 2.75) is 30.8 Å². The Hall–Kier alpha value is -4.23. The lowest BCUT2D eigenvalue weighted by atomic mass is 10.0. The average molecular weight is 578 g/mol. The third-order valence-corrected chi connectivity index (χ3v) is 8.35. The molecule has 0 saturated carbocycles. The number of imide groups is 1. The van der Waals surface area contributed by atoms with Crippen LogP contribution in [-0.4, -0.2) is 75.0 Å². The number of fused-ring (bicyclic) bond motifs is 1. The van der Waals surface area contributed by atoms with E-state index >= 15 is 0 Å². The van der Waals surface area contributed by atoms with Crippen LogP contribution in [0.5, 0.6) is 5.75 Å². The van der Waals surface area contributed by atoms with Crippen LogP contribution in [0, 0.1) is 5.82 Å². The van der Waals surface area contributed by atoms with Gasteiger partial charge in [0.15, 0.2) is 5.82 Å². The number of phenolic OH excluding ortho intramolecular Hbond substituents is 1. The largest absolute Gasteiger partial charge is 0.507 e. The molecule has 3 aromatic rings. The molecular formula is C28H28FN7O4S. The van der Waals surface area contributed by atoms with Crippen molar-refractivity contribution in [1.82, 2.24) is 25.3 Å². The highest BCUT2D eigenvalue weighted by Crippen LogP contribution is 2.40. The number of aromatic nitrogens is 2. The number of piperazine rings is 1. The molecule has 4 heterocycles. The molecule has 3 aliphatic heterocycles. The van der Waals surface area contributed by atoms with Gasteiger partial charge in [-0.05, 0) is 47.9 Å². The number of thiol groups is 1. The number of nitrogen functional groups attached to an aromatic ring is 1. The first-order chi connectivity index (χ1) is 19.7. The van der Waals surface area contributed by atoms with Crippen molar-refractivity contribution in [3.63, 3.8) is 0 Å². The number of amides is 3. The molecule has 4 N–H and O–H groups in total. The molecule has 3 aliphatic rings. The van der Waals surface area contributed by atoms with Gasteiger partial charge >= 0.3 is 0 Å². The number of aromatic hydroxyl groups is 1. The third kappa shape index (κ3) is 5.06. The molecule has 1 aromatic heterocycles. The van der Waals surface area contributed by atoms with E-state index in [1.54, 1.807) is 6.07 Å². The molecule has 212 valence electrons. The molecule has 0 radical (unpaired) electrons. The minimum Gasteiger partial charge on any atom is -0.507 e. The second-order valence-electron chi connectivity index (χ2n) is 10.4. The number of rotatable bonds is 5. The Morgan fingerprint density at radius 1 is 1.02 bits per heavy atom. The lowest BCUT2D eigenvalue weighted by Gasteiger charge is -2.36. The number of piperidine rings is 1. The summed E-state index contributed by atoms with van der Waals surface area (Å²) in [4.78, 5) is 43.1. The second kappa shape index (κ2) is 10.6. The molecule has 2 unspecified atom stereocenters. The molecule has 2 atom stereocenters. The molecule has 11 nitrogen and oxygen atoms in total. The summed E-state index contributed by atoms with van der Waals surface area (Å²) < 4.78 is 13.8. The monoisotopic (exact) mass is 577 g/mol. The Kier molecular flexibility index (Phi) is 6.99. The minimum absolute atomic E-state index is 0.0986. The number of nitrogens with one attached hydrogen (secondary N) is 1. The van der Waals surface area contributed by atoms with Crippen molar-refractivity contribution in [3.05, 3.63) is 65.0 Å². The summed E-state index contributed by atoms with van der Waals surface area (Å²) in [6.45, 7) is 3.35. The fraction of sp³-hybridized carbons (Fsp3) is 0.321. The van der Waals surface area contributed by atoms with Gasteiger partial charge in [0.2, 0.25) is 11.8 Å². The van der Waals surface area contributed by atoms with Crippen LogP contribution in [0.1, 0.15) is 39.7 Å². The van der Waals surface area contributed by atoms with Crippen molar-refractivity contribution in [2.24, 2.45) is 0 Å². The Labute approximate surface area is 240 Å². The first-order valence-corrected chi connectivity index (χ1v) is 13.8. The Morgan fingerprint density at radius 2 is 1.80 bits per heavy atom. The van der Waals surface area contributed by atoms with Crippen LogP contribution in [0.25, 0.3) is 11.3 Å². The number of phenols is 1. The minimum atomic E-state index is -0.730. The van der Waals surface area contributed by atoms with Crippen LogP contribution in [0.15, 0.2) is 42.5 Å². The predicted octanol–water partition coefficient (Wildman–Crippen LogP) is 2.08. The zero-order valence-corrected chi connectivity index (χ0v) is 22.9. The number of anilines is 2. The molecule has 2 saturated heterocycles. The molecule has 2 fully saturated rings. The van der Waals surface area contributed by atoms with Crippen molar-refractivity contribution in [2.75, 3.05) is 36.8 Å². The summed E-state index contributed by atoms with van der Waals surface area (Å²) >= 11 is 4.63. The van der Waals surface area contributed by atoms with Crippen LogP contribution >= 0.6 is 12.6 Å². The topological polar surface area (TPSA) is 145 Å². The number of hydrogen-bond acceptors (Lipinski definition) is 10. The van der Waals surface area contributed by atoms with E-state index in [2.05, 4.69) is 37.9 Å². The van der Waals surface area contributed by atoms with Gasteiger partial charge in [-0.2, -0.15) is 0 Å². The van der Waals surface area contributed by atoms with Gasteiger partial charge in [-0.25, -0.2) is 4.39 Å². The van der Waals surface area contributed by atoms with Crippen molar-refractivity contribution < 1.29 is 23.9 Å². The van der Waals surface area contributed by atoms with Crippen LogP contribution in [0.2, 0.25) is 0 Å². The molecule has 0 aliphatic carbocycles. The normalized spacial score (nSPS) is 21.3. The zero-order valence-electron chi connectivity index (χ0n) is 22.0. The molecule has 41 heavy (non-hydrogen) atoms. The maximum atomic E-state index is 13.8. The molecule has 0 bridgehead atoms. The van der Waals surface area contributed by atoms with E-state index < -0.39 is 23.1 Å². The highest BCUT2D eigenvalue weighted by molar-refractivity contribution is 7.80. The van der Waals surface area contributed by atoms with Crippen LogP contribution in [0.3, 0.4) is 0 Å². The number of hydrogen-bond donors (Lipinski definition) is 4. The average Bonchev–Trinajstić information content (AvgIpc) is 3.20. The highest BCUT2D eigenvalue weighted by Gasteiger charge is 2.43. The molecule has 2 aromatic carbocycles. The van der Waals surface area contributed by atoms with Crippen LogP contribution < -0.4 is 16.0 Å². The summed E-state index contributed by atoms with van der Waals surface area (Å²) in [5.41, 5.74) is 9.59. The zero-order chi connectivity index (χ0) is 28.8. The Balaban J connectivity index is 1.12. The van der Waals surface area contributed by atoms with E-state index in [4.69, 9.17) is 5.73 Å². The summed E-state index contributed by atoms with van der Waals surface area (Å²) in [6.07, 6.45) is 0.463. The van der Waals surface area contributed by atoms with Gasteiger partial charge in [0.05, 0.1) is 11.4 Å². The van der Waals surface area contributed by atoms with Gasteiger partial charge in [-0.1, -0.05) is 12.1 Å². The fourth-order valence-electron chi connectivity index (χ4n) is 5.67. The van der Waals surface area contributed by atoms with Crippen molar-refractivity contribution in [3.8, 4) is 17.0 Å². The lowest BCUT2D eigenvalue weighted by Crippen LogP contribution is -2.53. The number of benzene rings is 2. The van der Waals surface area contributed by atoms with Gasteiger partial charge < -0.3 is 20.6 Å². The summed E-state index contributed by atoms with van der Waals surface area (Å²) in [5.74, 6) is -1.40. The maximum Gasteiger partial charge on any atom is 0.256 e. The number of halogens is 1. The molecule has 13 heteroatoms. The Bertz CT molecular complexity index is 1560. The SMILES string of the molecule is Nc1nnc(-c2cc(F)ccc2O)cc1N1CCN(Cc2ccc3c(c2)C(=O)N(C2CCC(=O)NC2=O)C3S)CC1. The van der Waals surface area contributed by atoms with Gasteiger partial charge in [-0.15, -0.1) is 22.8 Å². The quantitative estimate of drug-likeness (QED) is 0.265. The first kappa shape index (κ1) is 27.0. The van der Waals surface area contributed by atoms with E-state index in [9.17, 15) is 23.9 Å². The van der Waals surface area contributed by atoms with Gasteiger partial charge in [0.1, 0.15) is 23.0 Å². The first-order valence-electron chi connectivity index (χ1n) is 13.3. The van der Waals surface area contributed by atoms with Gasteiger partial charge in [0, 0.05) is 50.3 Å². The standard InChI is InChI=1S/C28H28FN7O4S/c29-16-2-5-23(37)19(12-16)20-13-22(25(30)33-32-20)35-9-7-34(8-10-35)14-15-1-3-17-18(11-15)27(40)36(28(17)41)21-4-6-24(38)31-26(21)39/h1-3,5,11-13,21,28,37,41H,4,6-10,14H2,(H2,30,33)(H,31,38,39). The van der Waals surface area contributed by atoms with E-state index in [1.165, 1.54) is 23.1 Å². The van der Waals surface area contributed by atoms with Crippen LogP contribution in [-0.2, 0) is 16.1 Å². The smallest absolute Gasteiger partial charge is 0.256 e. The van der Waals surface area contributed by atoms with Crippen molar-refractivity contribution in [1.29, 1.82) is 0 Å². The molecular weight excluding hydrogens is 549 g/mol. The number of nitrogens with zero attached hydrogens (tertiary/aromatic N) is 5. The maximum absolute atomic E-state index is 13.8. The predicted molar refractivity (Wildman–Crippen MR) is 152 cm³/mol. The summed E-state index contributed by atoms with van der Waals surface area (Å²) in [6, 6.07) is 10.4. The summed E-state index contributed by atoms with van der Waals surface area (Å²) in [7, 11) is 0. The molecule has 3 amide bonds. The number of carbonyl (C=O) groups excluding carboxylic acids is 3.